The number of nitrogens with zero attached hydrogens (tertiary/aromatic N) is 3. The summed E-state index contributed by atoms with van der Waals surface area (Å²) in [6, 6.07) is 17.0. The van der Waals surface area contributed by atoms with Gasteiger partial charge in [-0.25, -0.2) is 4.68 Å². The molecule has 6 nitrogen and oxygen atoms in total. The SMILES string of the molecule is COc1cn(-c2ccccc2)nc1C(=O)N1CCC(c2ccc(O)cc2)CC1. The Morgan fingerprint density at radius 3 is 2.39 bits per heavy atom. The Labute approximate surface area is 164 Å². The number of hydrogen-bond acceptors (Lipinski definition) is 4. The number of likely N-dealkylation sites (tertiary alicyclic amines) is 1. The van der Waals surface area contributed by atoms with Gasteiger partial charge in [-0.1, -0.05) is 30.3 Å². The van der Waals surface area contributed by atoms with Crippen molar-refractivity contribution in [1.82, 2.24) is 14.7 Å². The molecule has 1 aromatic heterocycles. The quantitative estimate of drug-likeness (QED) is 0.754. The first-order valence-corrected chi connectivity index (χ1v) is 9.43. The number of rotatable bonds is 4. The van der Waals surface area contributed by atoms with Crippen molar-refractivity contribution in [3.8, 4) is 17.2 Å². The normalized spacial score (nSPS) is 14.8. The highest BCUT2D eigenvalue weighted by Crippen LogP contribution is 2.30. The van der Waals surface area contributed by atoms with Crippen LogP contribution in [0.4, 0.5) is 0 Å². The number of carbonyl (C=O) groups excluding carboxylic acids is 1. The van der Waals surface area contributed by atoms with Crippen LogP contribution < -0.4 is 4.74 Å². The molecule has 0 aliphatic carbocycles. The van der Waals surface area contributed by atoms with E-state index in [4.69, 9.17) is 4.74 Å². The molecule has 1 amide bonds. The highest BCUT2D eigenvalue weighted by atomic mass is 16.5. The monoisotopic (exact) mass is 377 g/mol. The van der Waals surface area contributed by atoms with E-state index in [1.165, 1.54) is 5.56 Å². The number of aromatic hydroxyl groups is 1. The lowest BCUT2D eigenvalue weighted by atomic mass is 9.89. The number of aromatic nitrogens is 2. The summed E-state index contributed by atoms with van der Waals surface area (Å²) >= 11 is 0. The molecule has 2 heterocycles. The second-order valence-corrected chi connectivity index (χ2v) is 6.98. The summed E-state index contributed by atoms with van der Waals surface area (Å²) < 4.78 is 7.08. The standard InChI is InChI=1S/C22H23N3O3/c1-28-20-15-25(18-5-3-2-4-6-18)23-21(20)22(27)24-13-11-17(12-14-24)16-7-9-19(26)10-8-16/h2-10,15,17,26H,11-14H2,1H3. The molecule has 1 N–H and O–H groups in total. The molecule has 1 fully saturated rings. The van der Waals surface area contributed by atoms with Crippen molar-refractivity contribution in [2.24, 2.45) is 0 Å². The third-order valence-electron chi connectivity index (χ3n) is 5.27. The lowest BCUT2D eigenvalue weighted by molar-refractivity contribution is 0.0703. The Hall–Kier alpha value is -3.28. The first kappa shape index (κ1) is 18.1. The van der Waals surface area contributed by atoms with Gasteiger partial charge in [-0.15, -0.1) is 0 Å². The van der Waals surface area contributed by atoms with Gasteiger partial charge in [0.2, 0.25) is 0 Å². The average molecular weight is 377 g/mol. The van der Waals surface area contributed by atoms with E-state index in [1.54, 1.807) is 30.1 Å². The van der Waals surface area contributed by atoms with E-state index in [9.17, 15) is 9.90 Å². The van der Waals surface area contributed by atoms with Crippen LogP contribution in [-0.2, 0) is 0 Å². The van der Waals surface area contributed by atoms with Crippen LogP contribution in [-0.4, -0.2) is 45.9 Å². The number of methoxy groups -OCH3 is 1. The van der Waals surface area contributed by atoms with Crippen molar-refractivity contribution >= 4 is 5.91 Å². The number of phenolic OH excluding ortho intramolecular Hbond substituents is 1. The molecule has 3 aromatic rings. The van der Waals surface area contributed by atoms with E-state index >= 15 is 0 Å². The number of para-hydroxylation sites is 1. The Balaban J connectivity index is 1.48. The minimum Gasteiger partial charge on any atom is -0.508 e. The summed E-state index contributed by atoms with van der Waals surface area (Å²) in [5, 5.41) is 13.9. The first-order chi connectivity index (χ1) is 13.7. The molecule has 2 aromatic carbocycles. The molecule has 0 saturated carbocycles. The number of ether oxygens (including phenoxy) is 1. The summed E-state index contributed by atoms with van der Waals surface area (Å²) in [6.07, 6.45) is 3.52. The fourth-order valence-corrected chi connectivity index (χ4v) is 3.68. The van der Waals surface area contributed by atoms with Crippen molar-refractivity contribution in [2.75, 3.05) is 20.2 Å². The number of amides is 1. The van der Waals surface area contributed by atoms with Crippen molar-refractivity contribution in [3.63, 3.8) is 0 Å². The molecule has 1 aliphatic heterocycles. The van der Waals surface area contributed by atoms with Gasteiger partial charge in [0, 0.05) is 13.1 Å². The fourth-order valence-electron chi connectivity index (χ4n) is 3.68. The fraction of sp³-hybridized carbons (Fsp3) is 0.273. The van der Waals surface area contributed by atoms with Gasteiger partial charge in [-0.05, 0) is 48.6 Å². The molecule has 4 rings (SSSR count). The molecule has 6 heteroatoms. The Kier molecular flexibility index (Phi) is 5.02. The second kappa shape index (κ2) is 7.76. The molecule has 0 radical (unpaired) electrons. The van der Waals surface area contributed by atoms with E-state index in [1.807, 2.05) is 47.4 Å². The highest BCUT2D eigenvalue weighted by Gasteiger charge is 2.28. The van der Waals surface area contributed by atoms with Gasteiger partial charge in [0.25, 0.3) is 5.91 Å². The van der Waals surface area contributed by atoms with Crippen LogP contribution in [0.3, 0.4) is 0 Å². The average Bonchev–Trinajstić information content (AvgIpc) is 3.19. The highest BCUT2D eigenvalue weighted by molar-refractivity contribution is 5.95. The molecule has 0 bridgehead atoms. The van der Waals surface area contributed by atoms with Gasteiger partial charge in [0.05, 0.1) is 19.0 Å². The van der Waals surface area contributed by atoms with Crippen LogP contribution in [0.25, 0.3) is 5.69 Å². The van der Waals surface area contributed by atoms with Crippen LogP contribution in [0, 0.1) is 0 Å². The minimum absolute atomic E-state index is 0.101. The topological polar surface area (TPSA) is 67.6 Å². The summed E-state index contributed by atoms with van der Waals surface area (Å²) in [5.41, 5.74) is 2.43. The van der Waals surface area contributed by atoms with Gasteiger partial charge in [0.15, 0.2) is 11.4 Å². The third kappa shape index (κ3) is 3.58. The van der Waals surface area contributed by atoms with E-state index in [0.717, 1.165) is 18.5 Å². The van der Waals surface area contributed by atoms with Crippen LogP contribution in [0.1, 0.15) is 34.8 Å². The molecule has 0 atom stereocenters. The maximum atomic E-state index is 13.0. The summed E-state index contributed by atoms with van der Waals surface area (Å²) in [6.45, 7) is 1.34. The largest absolute Gasteiger partial charge is 0.508 e. The van der Waals surface area contributed by atoms with Gasteiger partial charge in [-0.3, -0.25) is 4.79 Å². The van der Waals surface area contributed by atoms with Crippen LogP contribution in [0.2, 0.25) is 0 Å². The Morgan fingerprint density at radius 2 is 1.75 bits per heavy atom. The lowest BCUT2D eigenvalue weighted by Gasteiger charge is -2.32. The predicted octanol–water partition coefficient (Wildman–Crippen LogP) is 3.61. The maximum Gasteiger partial charge on any atom is 0.278 e. The van der Waals surface area contributed by atoms with Gasteiger partial charge in [0.1, 0.15) is 5.75 Å². The number of hydrogen-bond donors (Lipinski definition) is 1. The summed E-state index contributed by atoms with van der Waals surface area (Å²) in [7, 11) is 1.56. The zero-order valence-electron chi connectivity index (χ0n) is 15.8. The predicted molar refractivity (Wildman–Crippen MR) is 106 cm³/mol. The first-order valence-electron chi connectivity index (χ1n) is 9.43. The molecule has 0 spiro atoms. The third-order valence-corrected chi connectivity index (χ3v) is 5.27. The number of piperidine rings is 1. The van der Waals surface area contributed by atoms with E-state index in [0.29, 0.717) is 30.5 Å². The molecular weight excluding hydrogens is 354 g/mol. The zero-order chi connectivity index (χ0) is 19.5. The smallest absolute Gasteiger partial charge is 0.278 e. The minimum atomic E-state index is -0.101. The van der Waals surface area contributed by atoms with Gasteiger partial charge < -0.3 is 14.7 Å². The molecule has 1 saturated heterocycles. The Bertz CT molecular complexity index is 943. The second-order valence-electron chi connectivity index (χ2n) is 6.98. The van der Waals surface area contributed by atoms with Crippen LogP contribution >= 0.6 is 0 Å². The van der Waals surface area contributed by atoms with E-state index in [-0.39, 0.29) is 11.7 Å². The van der Waals surface area contributed by atoms with Crippen LogP contribution in [0.5, 0.6) is 11.5 Å². The van der Waals surface area contributed by atoms with Gasteiger partial charge in [-0.2, -0.15) is 5.10 Å². The van der Waals surface area contributed by atoms with Crippen molar-refractivity contribution in [2.45, 2.75) is 18.8 Å². The lowest BCUT2D eigenvalue weighted by Crippen LogP contribution is -2.38. The van der Waals surface area contributed by atoms with Crippen LogP contribution in [0.15, 0.2) is 60.8 Å². The van der Waals surface area contributed by atoms with E-state index < -0.39 is 0 Å². The molecule has 1 aliphatic rings. The van der Waals surface area contributed by atoms with Crippen molar-refractivity contribution < 1.29 is 14.6 Å². The summed E-state index contributed by atoms with van der Waals surface area (Å²) in [5.74, 6) is 1.05. The molecule has 28 heavy (non-hydrogen) atoms. The zero-order valence-corrected chi connectivity index (χ0v) is 15.8. The number of carbonyl (C=O) groups is 1. The van der Waals surface area contributed by atoms with Gasteiger partial charge >= 0.3 is 0 Å². The van der Waals surface area contributed by atoms with E-state index in [2.05, 4.69) is 5.10 Å². The summed E-state index contributed by atoms with van der Waals surface area (Å²) in [4.78, 5) is 14.9. The molecule has 144 valence electrons. The Morgan fingerprint density at radius 1 is 1.07 bits per heavy atom. The van der Waals surface area contributed by atoms with Crippen molar-refractivity contribution in [3.05, 3.63) is 72.1 Å². The molecule has 0 unspecified atom stereocenters. The molecular formula is C22H23N3O3. The number of phenols is 1. The maximum absolute atomic E-state index is 13.0. The van der Waals surface area contributed by atoms with Crippen molar-refractivity contribution in [1.29, 1.82) is 0 Å². The number of benzene rings is 2.